The van der Waals surface area contributed by atoms with Crippen LogP contribution in [0, 0.1) is 13.8 Å². The number of aryl methyl sites for hydroxylation is 2. The average Bonchev–Trinajstić information content (AvgIpc) is 3.28. The summed E-state index contributed by atoms with van der Waals surface area (Å²) in [6.45, 7) is 6.35. The molecular formula is C26H26N2O4S. The van der Waals surface area contributed by atoms with E-state index in [4.69, 9.17) is 4.74 Å². The lowest BCUT2D eigenvalue weighted by atomic mass is 9.94. The summed E-state index contributed by atoms with van der Waals surface area (Å²) in [5.74, 6) is -0.753. The minimum Gasteiger partial charge on any atom is -0.503 e. The lowest BCUT2D eigenvalue weighted by molar-refractivity contribution is -0.129. The fraction of sp³-hybridized carbons (Fsp3) is 0.269. The molecule has 2 heterocycles. The monoisotopic (exact) mass is 462 g/mol. The summed E-state index contributed by atoms with van der Waals surface area (Å²) in [4.78, 5) is 33.1. The number of hydrogen-bond donors (Lipinski definition) is 1. The Bertz CT molecular complexity index is 1220. The molecule has 1 unspecified atom stereocenters. The van der Waals surface area contributed by atoms with E-state index in [-0.39, 0.29) is 11.4 Å². The predicted octanol–water partition coefficient (Wildman–Crippen LogP) is 4.98. The van der Waals surface area contributed by atoms with Crippen LogP contribution in [-0.2, 0) is 11.2 Å². The molecule has 1 aliphatic heterocycles. The van der Waals surface area contributed by atoms with Crippen LogP contribution in [-0.4, -0.2) is 39.8 Å². The van der Waals surface area contributed by atoms with E-state index in [1.165, 1.54) is 11.3 Å². The highest BCUT2D eigenvalue weighted by atomic mass is 32.1. The third-order valence-corrected chi connectivity index (χ3v) is 6.70. The van der Waals surface area contributed by atoms with Crippen LogP contribution < -0.4 is 4.74 Å². The molecule has 170 valence electrons. The summed E-state index contributed by atoms with van der Waals surface area (Å²) in [7, 11) is 0. The van der Waals surface area contributed by atoms with Gasteiger partial charge in [-0.05, 0) is 50.5 Å². The van der Waals surface area contributed by atoms with Gasteiger partial charge in [0.25, 0.3) is 5.91 Å². The molecule has 1 amide bonds. The molecule has 6 nitrogen and oxygen atoms in total. The second kappa shape index (κ2) is 9.58. The standard InChI is InChI=1S/C26H26N2O4S/c1-4-32-20-12-8-11-19(15-20)22-21(23(29)25-16(2)27-17(3)33-25)24(30)26(31)28(22)14-13-18-9-6-5-7-10-18/h5-12,15,22,30H,4,13-14H2,1-3H3. The largest absolute Gasteiger partial charge is 0.503 e. The molecule has 4 rings (SSSR count). The molecule has 0 saturated carbocycles. The Labute approximate surface area is 197 Å². The van der Waals surface area contributed by atoms with Gasteiger partial charge in [-0.2, -0.15) is 0 Å². The number of benzene rings is 2. The van der Waals surface area contributed by atoms with E-state index in [0.717, 1.165) is 10.6 Å². The van der Waals surface area contributed by atoms with Crippen LogP contribution in [0.4, 0.5) is 0 Å². The fourth-order valence-electron chi connectivity index (χ4n) is 4.16. The van der Waals surface area contributed by atoms with Gasteiger partial charge in [-0.3, -0.25) is 9.59 Å². The van der Waals surface area contributed by atoms with Crippen LogP contribution in [0.15, 0.2) is 65.9 Å². The Hall–Kier alpha value is -3.45. The van der Waals surface area contributed by atoms with Gasteiger partial charge in [0.15, 0.2) is 5.76 Å². The minimum absolute atomic E-state index is 0.0912. The van der Waals surface area contributed by atoms with E-state index < -0.39 is 17.7 Å². The Balaban J connectivity index is 1.76. The zero-order valence-corrected chi connectivity index (χ0v) is 19.7. The maximum absolute atomic E-state index is 13.6. The van der Waals surface area contributed by atoms with E-state index in [0.29, 0.717) is 41.5 Å². The first-order valence-electron chi connectivity index (χ1n) is 10.9. The third kappa shape index (κ3) is 4.54. The molecule has 0 spiro atoms. The molecule has 0 radical (unpaired) electrons. The number of aromatic nitrogens is 1. The van der Waals surface area contributed by atoms with Crippen molar-refractivity contribution in [1.29, 1.82) is 0 Å². The van der Waals surface area contributed by atoms with Crippen molar-refractivity contribution in [3.8, 4) is 5.75 Å². The number of amides is 1. The van der Waals surface area contributed by atoms with Crippen LogP contribution in [0.2, 0.25) is 0 Å². The van der Waals surface area contributed by atoms with Gasteiger partial charge in [0.1, 0.15) is 5.75 Å². The fourth-order valence-corrected chi connectivity index (χ4v) is 5.04. The van der Waals surface area contributed by atoms with Crippen molar-refractivity contribution in [3.05, 3.63) is 92.6 Å². The van der Waals surface area contributed by atoms with Gasteiger partial charge in [0.2, 0.25) is 5.78 Å². The molecule has 0 bridgehead atoms. The molecule has 7 heteroatoms. The number of aliphatic hydroxyl groups is 1. The predicted molar refractivity (Wildman–Crippen MR) is 128 cm³/mol. The van der Waals surface area contributed by atoms with Gasteiger partial charge in [0, 0.05) is 6.54 Å². The maximum Gasteiger partial charge on any atom is 0.290 e. The van der Waals surface area contributed by atoms with E-state index in [9.17, 15) is 14.7 Å². The second-order valence-electron chi connectivity index (χ2n) is 7.88. The topological polar surface area (TPSA) is 79.7 Å². The molecule has 1 N–H and O–H groups in total. The van der Waals surface area contributed by atoms with Gasteiger partial charge < -0.3 is 14.7 Å². The summed E-state index contributed by atoms with van der Waals surface area (Å²) in [6.07, 6.45) is 0.599. The van der Waals surface area contributed by atoms with Crippen LogP contribution in [0.5, 0.6) is 5.75 Å². The Morgan fingerprint density at radius 2 is 1.91 bits per heavy atom. The summed E-state index contributed by atoms with van der Waals surface area (Å²) in [5, 5.41) is 11.6. The number of carbonyl (C=O) groups is 2. The molecule has 0 saturated heterocycles. The first-order valence-corrected chi connectivity index (χ1v) is 11.7. The highest BCUT2D eigenvalue weighted by molar-refractivity contribution is 7.14. The third-order valence-electron chi connectivity index (χ3n) is 5.63. The van der Waals surface area contributed by atoms with Crippen molar-refractivity contribution >= 4 is 23.0 Å². The molecule has 2 aromatic carbocycles. The van der Waals surface area contributed by atoms with Gasteiger partial charge in [-0.15, -0.1) is 11.3 Å². The number of aliphatic hydroxyl groups excluding tert-OH is 1. The Kier molecular flexibility index (Phi) is 6.60. The molecule has 0 aliphatic carbocycles. The SMILES string of the molecule is CCOc1cccc(C2C(C(=O)c3sc(C)nc3C)=C(O)C(=O)N2CCc2ccccc2)c1. The molecule has 1 atom stereocenters. The van der Waals surface area contributed by atoms with E-state index in [1.54, 1.807) is 11.8 Å². The molecule has 33 heavy (non-hydrogen) atoms. The number of carbonyl (C=O) groups excluding carboxylic acids is 2. The minimum atomic E-state index is -0.712. The number of rotatable bonds is 8. The van der Waals surface area contributed by atoms with Crippen molar-refractivity contribution < 1.29 is 19.4 Å². The smallest absolute Gasteiger partial charge is 0.290 e. The van der Waals surface area contributed by atoms with Gasteiger partial charge >= 0.3 is 0 Å². The van der Waals surface area contributed by atoms with Crippen LogP contribution in [0.25, 0.3) is 0 Å². The summed E-state index contributed by atoms with van der Waals surface area (Å²) < 4.78 is 5.65. The summed E-state index contributed by atoms with van der Waals surface area (Å²) in [5.41, 5.74) is 2.47. The van der Waals surface area contributed by atoms with Gasteiger partial charge in [0.05, 0.1) is 33.8 Å². The first kappa shape index (κ1) is 22.7. The molecule has 0 fully saturated rings. The van der Waals surface area contributed by atoms with Crippen molar-refractivity contribution in [2.24, 2.45) is 0 Å². The normalized spacial score (nSPS) is 15.9. The molecule has 1 aromatic heterocycles. The lowest BCUT2D eigenvalue weighted by Gasteiger charge is -2.27. The van der Waals surface area contributed by atoms with Crippen molar-refractivity contribution in [2.45, 2.75) is 33.2 Å². The number of nitrogens with zero attached hydrogens (tertiary/aromatic N) is 2. The highest BCUT2D eigenvalue weighted by Crippen LogP contribution is 2.41. The first-order chi connectivity index (χ1) is 15.9. The maximum atomic E-state index is 13.6. The zero-order chi connectivity index (χ0) is 23.5. The molecular weight excluding hydrogens is 436 g/mol. The lowest BCUT2D eigenvalue weighted by Crippen LogP contribution is -2.33. The number of ketones is 1. The Morgan fingerprint density at radius 1 is 1.15 bits per heavy atom. The highest BCUT2D eigenvalue weighted by Gasteiger charge is 2.44. The number of ether oxygens (including phenoxy) is 1. The van der Waals surface area contributed by atoms with Gasteiger partial charge in [-0.1, -0.05) is 42.5 Å². The quantitative estimate of drug-likeness (QED) is 0.478. The summed E-state index contributed by atoms with van der Waals surface area (Å²) >= 11 is 1.27. The van der Waals surface area contributed by atoms with Gasteiger partial charge in [-0.25, -0.2) is 4.98 Å². The number of hydrogen-bond acceptors (Lipinski definition) is 6. The average molecular weight is 463 g/mol. The summed E-state index contributed by atoms with van der Waals surface area (Å²) in [6, 6.07) is 16.5. The number of thiazole rings is 1. The van der Waals surface area contributed by atoms with E-state index in [1.807, 2.05) is 68.4 Å². The number of Topliss-reactive ketones (excluding diaryl/α,β-unsaturated/α-hetero) is 1. The van der Waals surface area contributed by atoms with Crippen molar-refractivity contribution in [2.75, 3.05) is 13.2 Å². The van der Waals surface area contributed by atoms with Crippen molar-refractivity contribution in [3.63, 3.8) is 0 Å². The van der Waals surface area contributed by atoms with Crippen molar-refractivity contribution in [1.82, 2.24) is 9.88 Å². The Morgan fingerprint density at radius 3 is 2.58 bits per heavy atom. The molecule has 3 aromatic rings. The van der Waals surface area contributed by atoms with Crippen LogP contribution >= 0.6 is 11.3 Å². The second-order valence-corrected chi connectivity index (χ2v) is 9.08. The van der Waals surface area contributed by atoms with E-state index in [2.05, 4.69) is 4.98 Å². The molecule has 1 aliphatic rings. The van der Waals surface area contributed by atoms with E-state index >= 15 is 0 Å². The van der Waals surface area contributed by atoms with Crippen LogP contribution in [0.3, 0.4) is 0 Å². The zero-order valence-electron chi connectivity index (χ0n) is 18.9. The van der Waals surface area contributed by atoms with Crippen LogP contribution in [0.1, 0.15) is 44.5 Å².